The summed E-state index contributed by atoms with van der Waals surface area (Å²) < 4.78 is 12.7. The lowest BCUT2D eigenvalue weighted by molar-refractivity contribution is -0.113. The average Bonchev–Trinajstić information content (AvgIpc) is 2.48. The summed E-state index contributed by atoms with van der Waals surface area (Å²) >= 11 is 1.37. The lowest BCUT2D eigenvalue weighted by Crippen LogP contribution is -2.13. The van der Waals surface area contributed by atoms with Crippen LogP contribution in [-0.2, 0) is 4.79 Å². The molecule has 5 heteroatoms. The van der Waals surface area contributed by atoms with E-state index in [1.165, 1.54) is 43.0 Å². The van der Waals surface area contributed by atoms with Crippen LogP contribution in [0.2, 0.25) is 0 Å². The van der Waals surface area contributed by atoms with E-state index in [9.17, 15) is 14.0 Å². The first-order chi connectivity index (χ1) is 10.0. The van der Waals surface area contributed by atoms with Gasteiger partial charge in [0.2, 0.25) is 5.91 Å². The van der Waals surface area contributed by atoms with Crippen molar-refractivity contribution in [1.82, 2.24) is 0 Å². The number of thioether (sulfide) groups is 1. The fourth-order valence-corrected chi connectivity index (χ4v) is 2.36. The van der Waals surface area contributed by atoms with E-state index in [1.54, 1.807) is 12.1 Å². The van der Waals surface area contributed by atoms with Crippen LogP contribution < -0.4 is 5.32 Å². The molecule has 21 heavy (non-hydrogen) atoms. The maximum Gasteiger partial charge on any atom is 0.234 e. The van der Waals surface area contributed by atoms with Crippen molar-refractivity contribution in [2.75, 3.05) is 11.1 Å². The maximum atomic E-state index is 12.7. The van der Waals surface area contributed by atoms with Gasteiger partial charge in [-0.2, -0.15) is 0 Å². The second kappa shape index (κ2) is 7.04. The van der Waals surface area contributed by atoms with Crippen molar-refractivity contribution in [3.8, 4) is 0 Å². The minimum Gasteiger partial charge on any atom is -0.325 e. The number of rotatable bonds is 5. The fourth-order valence-electron chi connectivity index (χ4n) is 1.67. The van der Waals surface area contributed by atoms with Crippen molar-refractivity contribution in [2.24, 2.45) is 0 Å². The summed E-state index contributed by atoms with van der Waals surface area (Å²) in [5.74, 6) is -0.243. The van der Waals surface area contributed by atoms with E-state index in [0.29, 0.717) is 11.3 Å². The predicted octanol–water partition coefficient (Wildman–Crippen LogP) is 3.76. The molecule has 2 rings (SSSR count). The Bertz CT molecular complexity index is 638. The molecule has 0 atom stereocenters. The Morgan fingerprint density at radius 2 is 1.67 bits per heavy atom. The number of hydrogen-bond acceptors (Lipinski definition) is 3. The average molecular weight is 303 g/mol. The minimum absolute atomic E-state index is 0.0144. The summed E-state index contributed by atoms with van der Waals surface area (Å²) in [5.41, 5.74) is 1.21. The smallest absolute Gasteiger partial charge is 0.234 e. The molecule has 0 aliphatic carbocycles. The molecule has 0 aliphatic heterocycles. The number of halogens is 1. The zero-order chi connectivity index (χ0) is 15.2. The van der Waals surface area contributed by atoms with Gasteiger partial charge >= 0.3 is 0 Å². The van der Waals surface area contributed by atoms with Gasteiger partial charge in [0.1, 0.15) is 5.82 Å². The largest absolute Gasteiger partial charge is 0.325 e. The first-order valence-corrected chi connectivity index (χ1v) is 7.32. The Kier molecular flexibility index (Phi) is 5.11. The summed E-state index contributed by atoms with van der Waals surface area (Å²) in [6.45, 7) is 1.51. The van der Waals surface area contributed by atoms with Crippen molar-refractivity contribution in [3.05, 3.63) is 59.9 Å². The molecule has 0 aliphatic rings. The van der Waals surface area contributed by atoms with E-state index >= 15 is 0 Å². The van der Waals surface area contributed by atoms with Crippen LogP contribution in [-0.4, -0.2) is 17.4 Å². The maximum absolute atomic E-state index is 12.7. The normalized spacial score (nSPS) is 10.2. The molecule has 108 valence electrons. The van der Waals surface area contributed by atoms with E-state index in [-0.39, 0.29) is 23.3 Å². The first-order valence-electron chi connectivity index (χ1n) is 6.34. The number of carbonyl (C=O) groups is 2. The van der Waals surface area contributed by atoms with Gasteiger partial charge in [-0.15, -0.1) is 11.8 Å². The highest BCUT2D eigenvalue weighted by molar-refractivity contribution is 8.00. The topological polar surface area (TPSA) is 46.2 Å². The van der Waals surface area contributed by atoms with Crippen LogP contribution in [0, 0.1) is 5.82 Å². The number of Topliss-reactive ketones (excluding diaryl/α,β-unsaturated/α-hetero) is 1. The quantitative estimate of drug-likeness (QED) is 0.676. The highest BCUT2D eigenvalue weighted by Crippen LogP contribution is 2.19. The van der Waals surface area contributed by atoms with Crippen LogP contribution in [0.4, 0.5) is 10.1 Å². The fraction of sp³-hybridized carbons (Fsp3) is 0.125. The minimum atomic E-state index is -0.340. The van der Waals surface area contributed by atoms with Crippen molar-refractivity contribution in [1.29, 1.82) is 0 Å². The van der Waals surface area contributed by atoms with E-state index in [4.69, 9.17) is 0 Å². The van der Waals surface area contributed by atoms with Crippen LogP contribution >= 0.6 is 11.8 Å². The van der Waals surface area contributed by atoms with Gasteiger partial charge in [0.05, 0.1) is 5.75 Å². The molecule has 1 amide bonds. The molecule has 1 N–H and O–H groups in total. The van der Waals surface area contributed by atoms with Crippen LogP contribution in [0.3, 0.4) is 0 Å². The highest BCUT2D eigenvalue weighted by Gasteiger charge is 2.05. The molecule has 0 unspecified atom stereocenters. The van der Waals surface area contributed by atoms with Gasteiger partial charge in [-0.1, -0.05) is 12.1 Å². The molecule has 0 fully saturated rings. The summed E-state index contributed by atoms with van der Waals surface area (Å²) in [6, 6.07) is 12.7. The molecule has 0 spiro atoms. The summed E-state index contributed by atoms with van der Waals surface area (Å²) in [5, 5.41) is 2.69. The SMILES string of the molecule is CC(=O)c1ccc(SCC(=O)Nc2ccc(F)cc2)cc1. The van der Waals surface area contributed by atoms with Crippen molar-refractivity contribution in [3.63, 3.8) is 0 Å². The van der Waals surface area contributed by atoms with Gasteiger partial charge in [-0.3, -0.25) is 9.59 Å². The van der Waals surface area contributed by atoms with Gasteiger partial charge in [0.15, 0.2) is 5.78 Å². The number of hydrogen-bond donors (Lipinski definition) is 1. The molecule has 0 saturated carbocycles. The number of ketones is 1. The zero-order valence-electron chi connectivity index (χ0n) is 11.4. The van der Waals surface area contributed by atoms with Gasteiger partial charge < -0.3 is 5.32 Å². The van der Waals surface area contributed by atoms with Gasteiger partial charge in [-0.05, 0) is 43.3 Å². The summed E-state index contributed by atoms with van der Waals surface area (Å²) in [4.78, 5) is 23.8. The van der Waals surface area contributed by atoms with Crippen LogP contribution in [0.5, 0.6) is 0 Å². The summed E-state index contributed by atoms with van der Waals surface area (Å²) in [7, 11) is 0. The van der Waals surface area contributed by atoms with Crippen molar-refractivity contribution in [2.45, 2.75) is 11.8 Å². The van der Waals surface area contributed by atoms with E-state index in [0.717, 1.165) is 4.90 Å². The Morgan fingerprint density at radius 3 is 2.24 bits per heavy atom. The molecule has 0 heterocycles. The molecule has 2 aromatic carbocycles. The lowest BCUT2D eigenvalue weighted by Gasteiger charge is -2.05. The van der Waals surface area contributed by atoms with Gasteiger partial charge in [-0.25, -0.2) is 4.39 Å². The zero-order valence-corrected chi connectivity index (χ0v) is 12.2. The number of amides is 1. The molecule has 2 aromatic rings. The lowest BCUT2D eigenvalue weighted by atomic mass is 10.2. The van der Waals surface area contributed by atoms with Gasteiger partial charge in [0, 0.05) is 16.1 Å². The second-order valence-electron chi connectivity index (χ2n) is 4.42. The standard InChI is InChI=1S/C16H14FNO2S/c1-11(19)12-2-8-15(9-3-12)21-10-16(20)18-14-6-4-13(17)5-7-14/h2-9H,10H2,1H3,(H,18,20). The third-order valence-electron chi connectivity index (χ3n) is 2.76. The van der Waals surface area contributed by atoms with E-state index in [2.05, 4.69) is 5.32 Å². The Hall–Kier alpha value is -2.14. The number of nitrogens with one attached hydrogen (secondary N) is 1. The molecule has 0 saturated heterocycles. The van der Waals surface area contributed by atoms with E-state index in [1.807, 2.05) is 12.1 Å². The predicted molar refractivity (Wildman–Crippen MR) is 82.2 cm³/mol. The third-order valence-corrected chi connectivity index (χ3v) is 3.77. The molecule has 0 radical (unpaired) electrons. The molecule has 0 bridgehead atoms. The van der Waals surface area contributed by atoms with E-state index < -0.39 is 0 Å². The number of anilines is 1. The highest BCUT2D eigenvalue weighted by atomic mass is 32.2. The van der Waals surface area contributed by atoms with Gasteiger partial charge in [0.25, 0.3) is 0 Å². The monoisotopic (exact) mass is 303 g/mol. The summed E-state index contributed by atoms with van der Waals surface area (Å²) in [6.07, 6.45) is 0. The second-order valence-corrected chi connectivity index (χ2v) is 5.47. The van der Waals surface area contributed by atoms with Crippen LogP contribution in [0.25, 0.3) is 0 Å². The molecular weight excluding hydrogens is 289 g/mol. The van der Waals surface area contributed by atoms with Crippen molar-refractivity contribution < 1.29 is 14.0 Å². The Morgan fingerprint density at radius 1 is 1.05 bits per heavy atom. The third kappa shape index (κ3) is 4.72. The number of carbonyl (C=O) groups excluding carboxylic acids is 2. The molecular formula is C16H14FNO2S. The Balaban J connectivity index is 1.86. The van der Waals surface area contributed by atoms with Crippen LogP contribution in [0.1, 0.15) is 17.3 Å². The first kappa shape index (κ1) is 15.3. The molecule has 0 aromatic heterocycles. The van der Waals surface area contributed by atoms with Crippen molar-refractivity contribution >= 4 is 29.1 Å². The molecule has 3 nitrogen and oxygen atoms in total. The Labute approximate surface area is 126 Å². The van der Waals surface area contributed by atoms with Crippen LogP contribution in [0.15, 0.2) is 53.4 Å². The number of benzene rings is 2.